The van der Waals surface area contributed by atoms with Crippen LogP contribution in [0.25, 0.3) is 0 Å². The van der Waals surface area contributed by atoms with Crippen LogP contribution in [0.3, 0.4) is 0 Å². The van der Waals surface area contributed by atoms with Crippen LogP contribution in [-0.4, -0.2) is 26.4 Å². The summed E-state index contributed by atoms with van der Waals surface area (Å²) in [5.41, 5.74) is 0. The lowest BCUT2D eigenvalue weighted by Gasteiger charge is -2.27. The molecule has 2 atom stereocenters. The van der Waals surface area contributed by atoms with Gasteiger partial charge in [-0.1, -0.05) is 26.3 Å². The largest absolute Gasteiger partial charge is 0.497 e. The molecule has 0 heterocycles. The zero-order valence-corrected chi connectivity index (χ0v) is 16.5. The predicted molar refractivity (Wildman–Crippen MR) is 109 cm³/mol. The molecule has 4 nitrogen and oxygen atoms in total. The molecule has 0 aliphatic carbocycles. The van der Waals surface area contributed by atoms with Gasteiger partial charge in [-0.2, -0.15) is 0 Å². The average Bonchev–Trinajstić information content (AvgIpc) is 2.72. The van der Waals surface area contributed by atoms with Gasteiger partial charge in [0.1, 0.15) is 29.1 Å². The second-order valence-electron chi connectivity index (χ2n) is 6.32. The molecule has 2 aromatic rings. The van der Waals surface area contributed by atoms with Crippen molar-refractivity contribution in [2.24, 2.45) is 0 Å². The molecule has 146 valence electrons. The third-order valence-electron chi connectivity index (χ3n) is 4.37. The number of hydrogen-bond acceptors (Lipinski definition) is 4. The molecule has 0 aliphatic rings. The Hall–Kier alpha value is -2.62. The van der Waals surface area contributed by atoms with Gasteiger partial charge in [0.2, 0.25) is 0 Å². The van der Waals surface area contributed by atoms with E-state index in [0.717, 1.165) is 48.7 Å². The van der Waals surface area contributed by atoms with E-state index < -0.39 is 0 Å². The molecule has 0 unspecified atom stereocenters. The summed E-state index contributed by atoms with van der Waals surface area (Å²) in [5.74, 6) is 3.16. The third kappa shape index (κ3) is 6.55. The predicted octanol–water partition coefficient (Wildman–Crippen LogP) is 5.67. The fourth-order valence-corrected chi connectivity index (χ4v) is 2.80. The first-order valence-electron chi connectivity index (χ1n) is 9.44. The van der Waals surface area contributed by atoms with E-state index in [4.69, 9.17) is 18.9 Å². The van der Waals surface area contributed by atoms with E-state index >= 15 is 0 Å². The molecule has 0 saturated carbocycles. The van der Waals surface area contributed by atoms with Crippen molar-refractivity contribution in [3.05, 3.63) is 61.2 Å². The van der Waals surface area contributed by atoms with Gasteiger partial charge < -0.3 is 18.9 Å². The quantitative estimate of drug-likeness (QED) is 0.356. The first-order chi connectivity index (χ1) is 13.2. The van der Waals surface area contributed by atoms with Crippen molar-refractivity contribution in [2.45, 2.75) is 44.8 Å². The molecule has 0 aliphatic heterocycles. The highest BCUT2D eigenvalue weighted by Crippen LogP contribution is 2.24. The van der Waals surface area contributed by atoms with Gasteiger partial charge in [-0.25, -0.2) is 0 Å². The van der Waals surface area contributed by atoms with E-state index in [0.29, 0.717) is 0 Å². The topological polar surface area (TPSA) is 36.9 Å². The lowest BCUT2D eigenvalue weighted by molar-refractivity contribution is 0.0749. The van der Waals surface area contributed by atoms with Crippen molar-refractivity contribution in [1.29, 1.82) is 0 Å². The molecule has 2 aromatic carbocycles. The van der Waals surface area contributed by atoms with Crippen molar-refractivity contribution in [3.8, 4) is 23.0 Å². The lowest BCUT2D eigenvalue weighted by Crippen LogP contribution is -2.35. The number of rotatable bonds is 12. The van der Waals surface area contributed by atoms with Gasteiger partial charge in [0, 0.05) is 0 Å². The highest BCUT2D eigenvalue weighted by Gasteiger charge is 2.22. The highest BCUT2D eigenvalue weighted by molar-refractivity contribution is 5.33. The summed E-state index contributed by atoms with van der Waals surface area (Å²) in [5, 5.41) is 0. The Balaban J connectivity index is 2.10. The highest BCUT2D eigenvalue weighted by atomic mass is 16.5. The molecule has 4 heteroatoms. The van der Waals surface area contributed by atoms with Crippen molar-refractivity contribution in [1.82, 2.24) is 0 Å². The Morgan fingerprint density at radius 3 is 1.70 bits per heavy atom. The molecule has 0 radical (unpaired) electrons. The number of hydrogen-bond donors (Lipinski definition) is 0. The fourth-order valence-electron chi connectivity index (χ4n) is 2.80. The maximum atomic E-state index is 6.25. The number of ether oxygens (including phenoxy) is 4. The van der Waals surface area contributed by atoms with E-state index in [1.165, 1.54) is 0 Å². The van der Waals surface area contributed by atoms with Crippen molar-refractivity contribution >= 4 is 0 Å². The van der Waals surface area contributed by atoms with E-state index in [2.05, 4.69) is 13.5 Å². The van der Waals surface area contributed by atoms with E-state index in [1.807, 2.05) is 54.6 Å². The summed E-state index contributed by atoms with van der Waals surface area (Å²) < 4.78 is 22.8. The Kier molecular flexibility index (Phi) is 8.56. The van der Waals surface area contributed by atoms with Crippen LogP contribution in [0.15, 0.2) is 61.2 Å². The molecule has 0 N–H and O–H groups in total. The van der Waals surface area contributed by atoms with Crippen molar-refractivity contribution in [3.63, 3.8) is 0 Å². The summed E-state index contributed by atoms with van der Waals surface area (Å²) in [6.45, 7) is 6.15. The molecule has 0 saturated heterocycles. The summed E-state index contributed by atoms with van der Waals surface area (Å²) in [7, 11) is 3.30. The molecule has 2 rings (SSSR count). The zero-order chi connectivity index (χ0) is 19.5. The monoisotopic (exact) mass is 370 g/mol. The Morgan fingerprint density at radius 2 is 1.26 bits per heavy atom. The Bertz CT molecular complexity index is 664. The normalized spacial score (nSPS) is 12.7. The van der Waals surface area contributed by atoms with Gasteiger partial charge in [-0.15, -0.1) is 0 Å². The minimum Gasteiger partial charge on any atom is -0.497 e. The van der Waals surface area contributed by atoms with Crippen LogP contribution in [0, 0.1) is 0 Å². The fraction of sp³-hybridized carbons (Fsp3) is 0.391. The van der Waals surface area contributed by atoms with Gasteiger partial charge in [0.25, 0.3) is 0 Å². The van der Waals surface area contributed by atoms with Gasteiger partial charge in [0.15, 0.2) is 6.10 Å². The zero-order valence-electron chi connectivity index (χ0n) is 16.5. The van der Waals surface area contributed by atoms with E-state index in [9.17, 15) is 0 Å². The van der Waals surface area contributed by atoms with E-state index in [1.54, 1.807) is 14.2 Å². The summed E-state index contributed by atoms with van der Waals surface area (Å²) in [6, 6.07) is 15.2. The van der Waals surface area contributed by atoms with Crippen LogP contribution < -0.4 is 18.9 Å². The summed E-state index contributed by atoms with van der Waals surface area (Å²) >= 11 is 0. The van der Waals surface area contributed by atoms with Crippen LogP contribution in [0.1, 0.15) is 32.6 Å². The van der Waals surface area contributed by atoms with Gasteiger partial charge in [-0.05, 0) is 67.4 Å². The van der Waals surface area contributed by atoms with Crippen LogP contribution >= 0.6 is 0 Å². The number of benzene rings is 2. The van der Waals surface area contributed by atoms with Gasteiger partial charge >= 0.3 is 0 Å². The molecular weight excluding hydrogens is 340 g/mol. The van der Waals surface area contributed by atoms with Crippen molar-refractivity contribution < 1.29 is 18.9 Å². The number of unbranched alkanes of at least 4 members (excludes halogenated alkanes) is 2. The van der Waals surface area contributed by atoms with Crippen molar-refractivity contribution in [2.75, 3.05) is 14.2 Å². The standard InChI is InChI=1S/C23H30O4/c1-5-7-8-9-23(27-21-16-12-19(25-4)13-17-21)22(6-2)26-20-14-10-18(24-3)11-15-20/h6,10-17,22-23H,2,5,7-9H2,1,3-4H3/t22-,23+/m0/s1. The minimum atomic E-state index is -0.252. The number of methoxy groups -OCH3 is 2. The Labute approximate surface area is 162 Å². The molecule has 27 heavy (non-hydrogen) atoms. The second-order valence-corrected chi connectivity index (χ2v) is 6.32. The SMILES string of the molecule is C=C[C@H](Oc1ccc(OC)cc1)[C@@H](CCCCC)Oc1ccc(OC)cc1. The molecule has 0 spiro atoms. The maximum Gasteiger partial charge on any atom is 0.153 e. The molecule has 0 bridgehead atoms. The second kappa shape index (κ2) is 11.2. The van der Waals surface area contributed by atoms with Crippen LogP contribution in [0.4, 0.5) is 0 Å². The van der Waals surface area contributed by atoms with Gasteiger partial charge in [-0.3, -0.25) is 0 Å². The molecule has 0 aromatic heterocycles. The summed E-state index contributed by atoms with van der Waals surface area (Å²) in [6.07, 6.45) is 5.73. The third-order valence-corrected chi connectivity index (χ3v) is 4.37. The lowest BCUT2D eigenvalue weighted by atomic mass is 10.1. The van der Waals surface area contributed by atoms with Crippen LogP contribution in [0.5, 0.6) is 23.0 Å². The first-order valence-corrected chi connectivity index (χ1v) is 9.44. The average molecular weight is 370 g/mol. The van der Waals surface area contributed by atoms with E-state index in [-0.39, 0.29) is 12.2 Å². The molecule has 0 fully saturated rings. The van der Waals surface area contributed by atoms with Gasteiger partial charge in [0.05, 0.1) is 14.2 Å². The Morgan fingerprint density at radius 1 is 0.778 bits per heavy atom. The van der Waals surface area contributed by atoms with Crippen LogP contribution in [0.2, 0.25) is 0 Å². The minimum absolute atomic E-state index is 0.121. The summed E-state index contributed by atoms with van der Waals surface area (Å²) in [4.78, 5) is 0. The maximum absolute atomic E-state index is 6.25. The smallest absolute Gasteiger partial charge is 0.153 e. The molecular formula is C23H30O4. The first kappa shape index (κ1) is 20.7. The molecule has 0 amide bonds. The van der Waals surface area contributed by atoms with Crippen LogP contribution in [-0.2, 0) is 0 Å².